The van der Waals surface area contributed by atoms with Crippen molar-refractivity contribution in [2.24, 2.45) is 17.3 Å². The first-order valence-electron chi connectivity index (χ1n) is 5.26. The van der Waals surface area contributed by atoms with E-state index in [1.54, 1.807) is 11.1 Å². The molecule has 0 aromatic carbocycles. The van der Waals surface area contributed by atoms with Crippen molar-refractivity contribution in [2.75, 3.05) is 0 Å². The largest absolute Gasteiger partial charge is 0.0707 e. The maximum atomic E-state index is 2.39. The Labute approximate surface area is 76.1 Å². The molecule has 2 bridgehead atoms. The predicted octanol–water partition coefficient (Wildman–Crippen LogP) is 3.78. The zero-order chi connectivity index (χ0) is 8.93. The molecule has 12 heavy (non-hydrogen) atoms. The predicted molar refractivity (Wildman–Crippen MR) is 53.0 cm³/mol. The van der Waals surface area contributed by atoms with Crippen LogP contribution < -0.4 is 0 Å². The van der Waals surface area contributed by atoms with E-state index in [0.29, 0.717) is 5.41 Å². The summed E-state index contributed by atoms with van der Waals surface area (Å²) in [5.41, 5.74) is 4.07. The number of rotatable bonds is 1. The smallest absolute Gasteiger partial charge is 0.00593 e. The fourth-order valence-electron chi connectivity index (χ4n) is 3.44. The van der Waals surface area contributed by atoms with E-state index in [1.165, 1.54) is 19.3 Å². The SMILES string of the molecule is CC1=C(C)C2(C(C)C)CCC1C2. The average Bonchev–Trinajstić information content (AvgIpc) is 2.53. The third-order valence-electron chi connectivity index (χ3n) is 4.61. The zero-order valence-electron chi connectivity index (χ0n) is 8.78. The second-order valence-electron chi connectivity index (χ2n) is 5.06. The van der Waals surface area contributed by atoms with Crippen LogP contribution in [0.3, 0.4) is 0 Å². The molecule has 0 aromatic rings. The average molecular weight is 164 g/mol. The molecule has 0 radical (unpaired) electrons. The van der Waals surface area contributed by atoms with Crippen molar-refractivity contribution in [2.45, 2.75) is 47.0 Å². The number of fused-ring (bicyclic) bond motifs is 2. The highest BCUT2D eigenvalue weighted by Crippen LogP contribution is 2.60. The van der Waals surface area contributed by atoms with Gasteiger partial charge < -0.3 is 0 Å². The summed E-state index contributed by atoms with van der Waals surface area (Å²) in [4.78, 5) is 0. The Kier molecular flexibility index (Phi) is 1.65. The van der Waals surface area contributed by atoms with Crippen molar-refractivity contribution >= 4 is 0 Å². The first-order chi connectivity index (χ1) is 5.58. The highest BCUT2D eigenvalue weighted by atomic mass is 14.5. The molecule has 2 aliphatic carbocycles. The summed E-state index contributed by atoms with van der Waals surface area (Å²) in [6.07, 6.45) is 4.38. The third kappa shape index (κ3) is 0.787. The van der Waals surface area contributed by atoms with Gasteiger partial charge in [-0.25, -0.2) is 0 Å². The molecule has 0 nitrogen and oxygen atoms in total. The van der Waals surface area contributed by atoms with E-state index in [1.807, 2.05) is 0 Å². The van der Waals surface area contributed by atoms with E-state index < -0.39 is 0 Å². The minimum atomic E-state index is 0.620. The molecule has 0 saturated heterocycles. The van der Waals surface area contributed by atoms with Gasteiger partial charge in [-0.05, 0) is 50.4 Å². The molecular formula is C12H20. The topological polar surface area (TPSA) is 0 Å². The van der Waals surface area contributed by atoms with E-state index in [2.05, 4.69) is 27.7 Å². The quantitative estimate of drug-likeness (QED) is 0.517. The highest BCUT2D eigenvalue weighted by Gasteiger charge is 2.48. The first-order valence-corrected chi connectivity index (χ1v) is 5.26. The second kappa shape index (κ2) is 2.37. The van der Waals surface area contributed by atoms with Crippen LogP contribution in [-0.2, 0) is 0 Å². The summed E-state index contributed by atoms with van der Waals surface area (Å²) in [7, 11) is 0. The molecule has 2 aliphatic rings. The van der Waals surface area contributed by atoms with Crippen molar-refractivity contribution < 1.29 is 0 Å². The molecular weight excluding hydrogens is 144 g/mol. The minimum Gasteiger partial charge on any atom is -0.0707 e. The van der Waals surface area contributed by atoms with Gasteiger partial charge in [0.25, 0.3) is 0 Å². The molecule has 0 heteroatoms. The van der Waals surface area contributed by atoms with Gasteiger partial charge in [-0.2, -0.15) is 0 Å². The molecule has 2 rings (SSSR count). The summed E-state index contributed by atoms with van der Waals surface area (Å²) in [5, 5.41) is 0. The van der Waals surface area contributed by atoms with Crippen LogP contribution in [0.2, 0.25) is 0 Å². The maximum absolute atomic E-state index is 2.39. The van der Waals surface area contributed by atoms with Crippen molar-refractivity contribution in [3.63, 3.8) is 0 Å². The van der Waals surface area contributed by atoms with Crippen LogP contribution in [0.15, 0.2) is 11.1 Å². The van der Waals surface area contributed by atoms with Crippen LogP contribution in [0, 0.1) is 17.3 Å². The summed E-state index contributed by atoms with van der Waals surface area (Å²) in [5.74, 6) is 1.80. The standard InChI is InChI=1S/C12H20/c1-8(2)12-6-5-11(7-12)9(3)10(12)4/h8,11H,5-7H2,1-4H3. The minimum absolute atomic E-state index is 0.620. The Morgan fingerprint density at radius 1 is 1.33 bits per heavy atom. The highest BCUT2D eigenvalue weighted by molar-refractivity contribution is 5.32. The molecule has 0 spiro atoms. The van der Waals surface area contributed by atoms with Gasteiger partial charge in [-0.1, -0.05) is 25.0 Å². The molecule has 2 atom stereocenters. The van der Waals surface area contributed by atoms with Crippen molar-refractivity contribution in [3.8, 4) is 0 Å². The lowest BCUT2D eigenvalue weighted by molar-refractivity contribution is 0.260. The summed E-state index contributed by atoms with van der Waals surface area (Å²) in [6.45, 7) is 9.51. The van der Waals surface area contributed by atoms with E-state index >= 15 is 0 Å². The van der Waals surface area contributed by atoms with E-state index in [0.717, 1.165) is 11.8 Å². The van der Waals surface area contributed by atoms with Crippen molar-refractivity contribution in [1.82, 2.24) is 0 Å². The second-order valence-corrected chi connectivity index (χ2v) is 5.06. The maximum Gasteiger partial charge on any atom is -0.00593 e. The fraction of sp³-hybridized carbons (Fsp3) is 0.833. The number of allylic oxidation sites excluding steroid dienone is 2. The Bertz CT molecular complexity index is 234. The molecule has 2 unspecified atom stereocenters. The Hall–Kier alpha value is -0.260. The zero-order valence-corrected chi connectivity index (χ0v) is 8.78. The Morgan fingerprint density at radius 2 is 2.00 bits per heavy atom. The lowest BCUT2D eigenvalue weighted by Crippen LogP contribution is -2.23. The molecule has 0 heterocycles. The Balaban J connectivity index is 2.41. The van der Waals surface area contributed by atoms with Crippen LogP contribution in [0.5, 0.6) is 0 Å². The van der Waals surface area contributed by atoms with Gasteiger partial charge in [-0.3, -0.25) is 0 Å². The lowest BCUT2D eigenvalue weighted by atomic mass is 9.71. The normalized spacial score (nSPS) is 40.2. The molecule has 1 fully saturated rings. The molecule has 0 N–H and O–H groups in total. The van der Waals surface area contributed by atoms with E-state index in [4.69, 9.17) is 0 Å². The van der Waals surface area contributed by atoms with Gasteiger partial charge >= 0.3 is 0 Å². The molecule has 68 valence electrons. The van der Waals surface area contributed by atoms with Crippen molar-refractivity contribution in [3.05, 3.63) is 11.1 Å². The summed E-state index contributed by atoms with van der Waals surface area (Å²) < 4.78 is 0. The van der Waals surface area contributed by atoms with E-state index in [9.17, 15) is 0 Å². The monoisotopic (exact) mass is 164 g/mol. The van der Waals surface area contributed by atoms with Crippen molar-refractivity contribution in [1.29, 1.82) is 0 Å². The van der Waals surface area contributed by atoms with Gasteiger partial charge in [-0.15, -0.1) is 0 Å². The number of hydrogen-bond donors (Lipinski definition) is 0. The van der Waals surface area contributed by atoms with Gasteiger partial charge in [0.1, 0.15) is 0 Å². The van der Waals surface area contributed by atoms with Gasteiger partial charge in [0.2, 0.25) is 0 Å². The lowest BCUT2D eigenvalue weighted by Gasteiger charge is -2.33. The fourth-order valence-corrected chi connectivity index (χ4v) is 3.44. The van der Waals surface area contributed by atoms with Crippen LogP contribution >= 0.6 is 0 Å². The molecule has 0 amide bonds. The first kappa shape index (κ1) is 8.34. The van der Waals surface area contributed by atoms with Crippen LogP contribution in [-0.4, -0.2) is 0 Å². The molecule has 1 saturated carbocycles. The summed E-state index contributed by atoms with van der Waals surface area (Å²) in [6, 6.07) is 0. The third-order valence-corrected chi connectivity index (χ3v) is 4.61. The summed E-state index contributed by atoms with van der Waals surface area (Å²) >= 11 is 0. The molecule has 0 aliphatic heterocycles. The number of hydrogen-bond acceptors (Lipinski definition) is 0. The van der Waals surface area contributed by atoms with Crippen LogP contribution in [0.25, 0.3) is 0 Å². The van der Waals surface area contributed by atoms with E-state index in [-0.39, 0.29) is 0 Å². The van der Waals surface area contributed by atoms with Gasteiger partial charge in [0.05, 0.1) is 0 Å². The Morgan fingerprint density at radius 3 is 2.33 bits per heavy atom. The van der Waals surface area contributed by atoms with Crippen LogP contribution in [0.4, 0.5) is 0 Å². The molecule has 0 aromatic heterocycles. The van der Waals surface area contributed by atoms with Crippen LogP contribution in [0.1, 0.15) is 47.0 Å². The van der Waals surface area contributed by atoms with Gasteiger partial charge in [0, 0.05) is 0 Å². The van der Waals surface area contributed by atoms with Gasteiger partial charge in [0.15, 0.2) is 0 Å².